The molecule has 0 aromatic carbocycles. The van der Waals surface area contributed by atoms with Gasteiger partial charge < -0.3 is 9.64 Å². The minimum absolute atomic E-state index is 0.252. The number of fused-ring (bicyclic) bond motifs is 1. The van der Waals surface area contributed by atoms with Crippen LogP contribution >= 0.6 is 15.9 Å². The summed E-state index contributed by atoms with van der Waals surface area (Å²) in [6.45, 7) is 2.18. The van der Waals surface area contributed by atoms with Gasteiger partial charge in [-0.05, 0) is 24.7 Å². The van der Waals surface area contributed by atoms with Crippen LogP contribution in [-0.2, 0) is 9.53 Å². The van der Waals surface area contributed by atoms with Crippen molar-refractivity contribution in [1.29, 1.82) is 0 Å². The summed E-state index contributed by atoms with van der Waals surface area (Å²) in [5, 5.41) is 0.834. The second-order valence-corrected chi connectivity index (χ2v) is 5.85. The molecule has 2 aliphatic carbocycles. The van der Waals surface area contributed by atoms with Crippen molar-refractivity contribution < 1.29 is 9.53 Å². The molecule has 1 saturated heterocycles. The van der Waals surface area contributed by atoms with Gasteiger partial charge in [0.15, 0.2) is 0 Å². The van der Waals surface area contributed by atoms with Gasteiger partial charge in [0, 0.05) is 17.8 Å². The number of alkyl halides is 1. The molecule has 90 valence electrons. The number of carbonyl (C=O) groups excluding carboxylic acids is 1. The third kappa shape index (κ3) is 1.70. The van der Waals surface area contributed by atoms with Crippen molar-refractivity contribution in [3.8, 4) is 0 Å². The third-order valence-corrected chi connectivity index (χ3v) is 5.13. The minimum atomic E-state index is 0.252. The monoisotopic (exact) mass is 287 g/mol. The van der Waals surface area contributed by atoms with Gasteiger partial charge in [0.1, 0.15) is 0 Å². The summed E-state index contributed by atoms with van der Waals surface area (Å²) in [5.74, 6) is 2.23. The van der Waals surface area contributed by atoms with Crippen molar-refractivity contribution in [2.24, 2.45) is 17.8 Å². The van der Waals surface area contributed by atoms with Gasteiger partial charge in [-0.2, -0.15) is 0 Å². The summed E-state index contributed by atoms with van der Waals surface area (Å²) in [7, 11) is 0. The van der Waals surface area contributed by atoms with Crippen LogP contribution in [0.3, 0.4) is 0 Å². The van der Waals surface area contributed by atoms with E-state index < -0.39 is 0 Å². The average Bonchev–Trinajstić information content (AvgIpc) is 2.81. The molecule has 3 aliphatic rings. The van der Waals surface area contributed by atoms with Crippen LogP contribution in [0.5, 0.6) is 0 Å². The van der Waals surface area contributed by atoms with Gasteiger partial charge in [0.2, 0.25) is 5.91 Å². The van der Waals surface area contributed by atoms with Gasteiger partial charge in [-0.25, -0.2) is 0 Å². The lowest BCUT2D eigenvalue weighted by atomic mass is 10.1. The first kappa shape index (κ1) is 11.0. The van der Waals surface area contributed by atoms with Crippen LogP contribution in [0.25, 0.3) is 0 Å². The largest absolute Gasteiger partial charge is 0.377 e. The molecule has 3 rings (SSSR count). The summed E-state index contributed by atoms with van der Waals surface area (Å²) < 4.78 is 5.42. The Hall–Kier alpha value is -0.0900. The van der Waals surface area contributed by atoms with Crippen molar-refractivity contribution in [3.05, 3.63) is 0 Å². The molecule has 4 heteroatoms. The molecule has 3 unspecified atom stereocenters. The Morgan fingerprint density at radius 1 is 1.38 bits per heavy atom. The maximum absolute atomic E-state index is 12.4. The molecule has 2 saturated carbocycles. The standard InChI is InChI=1S/C12H18BrNO2/c13-6-8-7-16-5-4-14(8)12(15)11-9-2-1-3-10(9)11/h8-11H,1-7H2. The van der Waals surface area contributed by atoms with E-state index in [0.717, 1.165) is 23.7 Å². The number of nitrogens with zero attached hydrogens (tertiary/aromatic N) is 1. The van der Waals surface area contributed by atoms with E-state index in [1.165, 1.54) is 19.3 Å². The first-order chi connectivity index (χ1) is 7.83. The molecule has 0 aromatic rings. The summed E-state index contributed by atoms with van der Waals surface area (Å²) >= 11 is 3.48. The lowest BCUT2D eigenvalue weighted by Crippen LogP contribution is -2.50. The zero-order valence-corrected chi connectivity index (χ0v) is 11.0. The Labute approximate surface area is 105 Å². The molecular formula is C12H18BrNO2. The highest BCUT2D eigenvalue weighted by Gasteiger charge is 2.57. The van der Waals surface area contributed by atoms with Crippen LogP contribution in [-0.4, -0.2) is 41.9 Å². The summed E-state index contributed by atoms with van der Waals surface area (Å²) in [6.07, 6.45) is 3.90. The Kier molecular flexibility index (Phi) is 2.96. The van der Waals surface area contributed by atoms with Crippen LogP contribution in [0.15, 0.2) is 0 Å². The Bertz CT molecular complexity index is 287. The summed E-state index contributed by atoms with van der Waals surface area (Å²) in [6, 6.07) is 0.252. The highest BCUT2D eigenvalue weighted by atomic mass is 79.9. The topological polar surface area (TPSA) is 29.5 Å². The smallest absolute Gasteiger partial charge is 0.226 e. The van der Waals surface area contributed by atoms with Crippen LogP contribution < -0.4 is 0 Å². The van der Waals surface area contributed by atoms with Gasteiger partial charge in [-0.3, -0.25) is 4.79 Å². The van der Waals surface area contributed by atoms with E-state index in [2.05, 4.69) is 20.8 Å². The fourth-order valence-electron chi connectivity index (χ4n) is 3.45. The Morgan fingerprint density at radius 2 is 2.12 bits per heavy atom. The zero-order valence-electron chi connectivity index (χ0n) is 9.40. The SMILES string of the molecule is O=C(C1C2CCCC21)N1CCOCC1CBr. The minimum Gasteiger partial charge on any atom is -0.377 e. The molecule has 1 aliphatic heterocycles. The third-order valence-electron chi connectivity index (χ3n) is 4.38. The predicted octanol–water partition coefficient (Wildman–Crippen LogP) is 1.65. The van der Waals surface area contributed by atoms with Gasteiger partial charge in [-0.15, -0.1) is 0 Å². The van der Waals surface area contributed by atoms with Crippen LogP contribution in [0.4, 0.5) is 0 Å². The highest BCUT2D eigenvalue weighted by Crippen LogP contribution is 2.58. The lowest BCUT2D eigenvalue weighted by Gasteiger charge is -2.35. The summed E-state index contributed by atoms with van der Waals surface area (Å²) in [4.78, 5) is 14.4. The lowest BCUT2D eigenvalue weighted by molar-refractivity contribution is -0.141. The molecule has 0 spiro atoms. The molecule has 0 N–H and O–H groups in total. The van der Waals surface area contributed by atoms with Crippen LogP contribution in [0, 0.1) is 17.8 Å². The maximum atomic E-state index is 12.4. The van der Waals surface area contributed by atoms with E-state index >= 15 is 0 Å². The van der Waals surface area contributed by atoms with E-state index in [-0.39, 0.29) is 6.04 Å². The number of hydrogen-bond acceptors (Lipinski definition) is 2. The molecule has 0 radical (unpaired) electrons. The second kappa shape index (κ2) is 4.30. The van der Waals surface area contributed by atoms with E-state index in [1.54, 1.807) is 0 Å². The van der Waals surface area contributed by atoms with Crippen molar-refractivity contribution >= 4 is 21.8 Å². The zero-order chi connectivity index (χ0) is 11.1. The molecule has 3 nitrogen and oxygen atoms in total. The van der Waals surface area contributed by atoms with Gasteiger partial charge in [-0.1, -0.05) is 22.4 Å². The van der Waals surface area contributed by atoms with Crippen LogP contribution in [0.2, 0.25) is 0 Å². The number of hydrogen-bond donors (Lipinski definition) is 0. The van der Waals surface area contributed by atoms with Crippen molar-refractivity contribution in [1.82, 2.24) is 4.90 Å². The van der Waals surface area contributed by atoms with E-state index in [9.17, 15) is 4.79 Å². The van der Waals surface area contributed by atoms with Crippen LogP contribution in [0.1, 0.15) is 19.3 Å². The quantitative estimate of drug-likeness (QED) is 0.723. The van der Waals surface area contributed by atoms with Crippen molar-refractivity contribution in [3.63, 3.8) is 0 Å². The number of carbonyl (C=O) groups is 1. The number of rotatable bonds is 2. The molecule has 0 aromatic heterocycles. The van der Waals surface area contributed by atoms with E-state index in [0.29, 0.717) is 25.0 Å². The summed E-state index contributed by atoms with van der Waals surface area (Å²) in [5.41, 5.74) is 0. The maximum Gasteiger partial charge on any atom is 0.226 e. The Balaban J connectivity index is 1.65. The molecule has 1 heterocycles. The fourth-order valence-corrected chi connectivity index (χ4v) is 3.99. The number of amides is 1. The van der Waals surface area contributed by atoms with Gasteiger partial charge >= 0.3 is 0 Å². The first-order valence-corrected chi connectivity index (χ1v) is 7.39. The average molecular weight is 288 g/mol. The van der Waals surface area contributed by atoms with Gasteiger partial charge in [0.05, 0.1) is 19.3 Å². The van der Waals surface area contributed by atoms with E-state index in [4.69, 9.17) is 4.74 Å². The van der Waals surface area contributed by atoms with Crippen molar-refractivity contribution in [2.75, 3.05) is 25.1 Å². The fraction of sp³-hybridized carbons (Fsp3) is 0.917. The first-order valence-electron chi connectivity index (χ1n) is 6.27. The normalized spacial score (nSPS) is 41.9. The Morgan fingerprint density at radius 3 is 2.81 bits per heavy atom. The second-order valence-electron chi connectivity index (χ2n) is 5.20. The predicted molar refractivity (Wildman–Crippen MR) is 64.4 cm³/mol. The van der Waals surface area contributed by atoms with Crippen molar-refractivity contribution in [2.45, 2.75) is 25.3 Å². The molecule has 1 amide bonds. The number of ether oxygens (including phenoxy) is 1. The molecule has 16 heavy (non-hydrogen) atoms. The molecule has 0 bridgehead atoms. The van der Waals surface area contributed by atoms with E-state index in [1.807, 2.05) is 0 Å². The number of morpholine rings is 1. The van der Waals surface area contributed by atoms with Gasteiger partial charge in [0.25, 0.3) is 0 Å². The molecule has 3 atom stereocenters. The highest BCUT2D eigenvalue weighted by molar-refractivity contribution is 9.09. The molecule has 3 fully saturated rings. The number of halogens is 1. The molecular weight excluding hydrogens is 270 g/mol.